The standard InChI is InChI=1S/C11H11FN2O3/c12-14-10(11(16)17)3-6-5-13-9-2-1-7(15)4-8(6)9/h1-2,4-5,10,13-15H,3H2,(H,16,17)/t10-/m0/s1. The molecule has 5 nitrogen and oxygen atoms in total. The summed E-state index contributed by atoms with van der Waals surface area (Å²) >= 11 is 0. The minimum Gasteiger partial charge on any atom is -0.508 e. The number of hydrogen-bond donors (Lipinski definition) is 4. The van der Waals surface area contributed by atoms with Gasteiger partial charge >= 0.3 is 5.97 Å². The van der Waals surface area contributed by atoms with Gasteiger partial charge in [0.2, 0.25) is 0 Å². The van der Waals surface area contributed by atoms with E-state index in [-0.39, 0.29) is 12.2 Å². The minimum atomic E-state index is -1.30. The van der Waals surface area contributed by atoms with Gasteiger partial charge in [0.25, 0.3) is 0 Å². The maximum absolute atomic E-state index is 12.3. The summed E-state index contributed by atoms with van der Waals surface area (Å²) in [6, 6.07) is 3.41. The van der Waals surface area contributed by atoms with Gasteiger partial charge in [-0.05, 0) is 23.8 Å². The number of carboxylic acid groups (broad SMARTS) is 1. The van der Waals surface area contributed by atoms with Gasteiger partial charge in [-0.25, -0.2) is 0 Å². The van der Waals surface area contributed by atoms with E-state index < -0.39 is 12.0 Å². The van der Waals surface area contributed by atoms with Crippen molar-refractivity contribution in [3.05, 3.63) is 30.0 Å². The molecule has 1 aromatic carbocycles. The molecule has 0 aliphatic heterocycles. The van der Waals surface area contributed by atoms with Crippen LogP contribution in [0.15, 0.2) is 24.4 Å². The number of aromatic amines is 1. The fourth-order valence-electron chi connectivity index (χ4n) is 1.73. The van der Waals surface area contributed by atoms with Gasteiger partial charge in [-0.15, -0.1) is 10.0 Å². The molecule has 4 N–H and O–H groups in total. The van der Waals surface area contributed by atoms with Gasteiger partial charge in [-0.3, -0.25) is 4.79 Å². The van der Waals surface area contributed by atoms with E-state index >= 15 is 0 Å². The maximum atomic E-state index is 12.3. The third-order valence-electron chi connectivity index (χ3n) is 2.60. The monoisotopic (exact) mass is 238 g/mol. The third kappa shape index (κ3) is 2.21. The van der Waals surface area contributed by atoms with Crippen molar-refractivity contribution in [1.29, 1.82) is 0 Å². The Labute approximate surface area is 95.8 Å². The van der Waals surface area contributed by atoms with Crippen LogP contribution in [-0.2, 0) is 11.2 Å². The fourth-order valence-corrected chi connectivity index (χ4v) is 1.73. The number of nitrogens with one attached hydrogen (secondary N) is 2. The van der Waals surface area contributed by atoms with Crippen molar-refractivity contribution in [1.82, 2.24) is 10.5 Å². The van der Waals surface area contributed by atoms with Gasteiger partial charge < -0.3 is 15.2 Å². The van der Waals surface area contributed by atoms with Crippen molar-refractivity contribution >= 4 is 16.9 Å². The number of H-pyrrole nitrogens is 1. The lowest BCUT2D eigenvalue weighted by Gasteiger charge is -2.07. The van der Waals surface area contributed by atoms with Crippen LogP contribution in [0.1, 0.15) is 5.56 Å². The summed E-state index contributed by atoms with van der Waals surface area (Å²) in [6.07, 6.45) is 1.60. The van der Waals surface area contributed by atoms with E-state index in [1.54, 1.807) is 12.3 Å². The number of halogens is 1. The average molecular weight is 238 g/mol. The number of aromatic hydroxyl groups is 1. The van der Waals surface area contributed by atoms with Crippen LogP contribution in [0.4, 0.5) is 4.48 Å². The second-order valence-electron chi connectivity index (χ2n) is 3.75. The number of phenolic OH excluding ortho intramolecular Hbond substituents is 1. The zero-order valence-electron chi connectivity index (χ0n) is 8.77. The van der Waals surface area contributed by atoms with E-state index in [9.17, 15) is 14.4 Å². The molecule has 0 aliphatic rings. The van der Waals surface area contributed by atoms with Gasteiger partial charge in [-0.1, -0.05) is 0 Å². The molecule has 2 aromatic rings. The molecule has 0 fully saturated rings. The first kappa shape index (κ1) is 11.4. The molecule has 0 amide bonds. The zero-order valence-corrected chi connectivity index (χ0v) is 8.77. The van der Waals surface area contributed by atoms with E-state index in [0.29, 0.717) is 10.9 Å². The van der Waals surface area contributed by atoms with Gasteiger partial charge in [0.1, 0.15) is 11.8 Å². The predicted molar refractivity (Wildman–Crippen MR) is 59.3 cm³/mol. The highest BCUT2D eigenvalue weighted by atomic mass is 19.2. The third-order valence-corrected chi connectivity index (χ3v) is 2.60. The summed E-state index contributed by atoms with van der Waals surface area (Å²) in [4.78, 5) is 13.6. The van der Waals surface area contributed by atoms with Crippen molar-refractivity contribution in [3.8, 4) is 5.75 Å². The van der Waals surface area contributed by atoms with E-state index in [4.69, 9.17) is 5.11 Å². The molecular formula is C11H11FN2O3. The van der Waals surface area contributed by atoms with Gasteiger partial charge in [-0.2, -0.15) is 0 Å². The number of aromatic nitrogens is 1. The highest BCUT2D eigenvalue weighted by Gasteiger charge is 2.19. The SMILES string of the molecule is O=C(O)[C@H](Cc1c[nH]c2ccc(O)cc12)NF. The van der Waals surface area contributed by atoms with Crippen molar-refractivity contribution in [2.24, 2.45) is 0 Å². The molecule has 0 saturated carbocycles. The number of rotatable bonds is 4. The molecule has 2 rings (SSSR count). The predicted octanol–water partition coefficient (Wildman–Crippen LogP) is 1.34. The fraction of sp³-hybridized carbons (Fsp3) is 0.182. The summed E-state index contributed by atoms with van der Waals surface area (Å²) in [7, 11) is 0. The topological polar surface area (TPSA) is 85.3 Å². The molecule has 0 spiro atoms. The number of aliphatic carboxylic acids is 1. The van der Waals surface area contributed by atoms with Crippen LogP contribution >= 0.6 is 0 Å². The minimum absolute atomic E-state index is 0.00468. The van der Waals surface area contributed by atoms with Crippen LogP contribution in [0.25, 0.3) is 10.9 Å². The van der Waals surface area contributed by atoms with E-state index in [1.165, 1.54) is 17.7 Å². The summed E-state index contributed by atoms with van der Waals surface area (Å²) < 4.78 is 12.3. The molecule has 0 unspecified atom stereocenters. The van der Waals surface area contributed by atoms with E-state index in [2.05, 4.69) is 4.98 Å². The summed E-state index contributed by atoms with van der Waals surface area (Å²) in [5, 5.41) is 18.8. The molecule has 6 heteroatoms. The first-order valence-corrected chi connectivity index (χ1v) is 4.99. The highest BCUT2D eigenvalue weighted by molar-refractivity contribution is 5.85. The Morgan fingerprint density at radius 2 is 2.29 bits per heavy atom. The molecule has 1 heterocycles. The normalized spacial score (nSPS) is 12.8. The van der Waals surface area contributed by atoms with Gasteiger partial charge in [0.05, 0.1) is 0 Å². The van der Waals surface area contributed by atoms with Crippen molar-refractivity contribution in [2.75, 3.05) is 0 Å². The lowest BCUT2D eigenvalue weighted by molar-refractivity contribution is -0.140. The molecule has 1 aromatic heterocycles. The summed E-state index contributed by atoms with van der Waals surface area (Å²) in [6.45, 7) is 0. The Bertz CT molecular complexity index is 553. The van der Waals surface area contributed by atoms with Crippen molar-refractivity contribution in [2.45, 2.75) is 12.5 Å². The van der Waals surface area contributed by atoms with Crippen LogP contribution in [0.5, 0.6) is 5.75 Å². The molecule has 0 aliphatic carbocycles. The lowest BCUT2D eigenvalue weighted by Crippen LogP contribution is -2.33. The average Bonchev–Trinajstić information content (AvgIpc) is 2.68. The second-order valence-corrected chi connectivity index (χ2v) is 3.75. The van der Waals surface area contributed by atoms with Crippen LogP contribution in [0, 0.1) is 0 Å². The van der Waals surface area contributed by atoms with Crippen LogP contribution in [-0.4, -0.2) is 27.2 Å². The summed E-state index contributed by atoms with van der Waals surface area (Å²) in [5.41, 5.74) is 2.64. The highest BCUT2D eigenvalue weighted by Crippen LogP contribution is 2.23. The second kappa shape index (κ2) is 4.42. The maximum Gasteiger partial charge on any atom is 0.323 e. The lowest BCUT2D eigenvalue weighted by atomic mass is 10.1. The molecule has 0 radical (unpaired) electrons. The quantitative estimate of drug-likeness (QED) is 0.605. The number of phenols is 1. The molecule has 90 valence electrons. The van der Waals surface area contributed by atoms with Crippen LogP contribution in [0.3, 0.4) is 0 Å². The Balaban J connectivity index is 2.35. The van der Waals surface area contributed by atoms with Gasteiger partial charge in [0.15, 0.2) is 0 Å². The van der Waals surface area contributed by atoms with Crippen molar-refractivity contribution < 1.29 is 19.5 Å². The number of carbonyl (C=O) groups is 1. The number of carboxylic acids is 1. The van der Waals surface area contributed by atoms with E-state index in [1.807, 2.05) is 0 Å². The smallest absolute Gasteiger partial charge is 0.323 e. The van der Waals surface area contributed by atoms with Crippen LogP contribution in [0.2, 0.25) is 0 Å². The first-order chi connectivity index (χ1) is 8.11. The number of fused-ring (bicyclic) bond motifs is 1. The van der Waals surface area contributed by atoms with E-state index in [0.717, 1.165) is 5.52 Å². The Morgan fingerprint density at radius 3 is 2.94 bits per heavy atom. The molecule has 0 saturated heterocycles. The number of benzene rings is 1. The summed E-state index contributed by atoms with van der Waals surface area (Å²) in [5.74, 6) is -1.18. The Morgan fingerprint density at radius 1 is 1.53 bits per heavy atom. The first-order valence-electron chi connectivity index (χ1n) is 4.99. The molecule has 0 bridgehead atoms. The van der Waals surface area contributed by atoms with Crippen LogP contribution < -0.4 is 5.54 Å². The largest absolute Gasteiger partial charge is 0.508 e. The number of hydrogen-bond acceptors (Lipinski definition) is 3. The van der Waals surface area contributed by atoms with Crippen molar-refractivity contribution in [3.63, 3.8) is 0 Å². The molecule has 1 atom stereocenters. The zero-order chi connectivity index (χ0) is 12.4. The molecule has 17 heavy (non-hydrogen) atoms. The molecular weight excluding hydrogens is 227 g/mol. The van der Waals surface area contributed by atoms with Gasteiger partial charge in [0, 0.05) is 23.5 Å². The Kier molecular flexibility index (Phi) is 2.97. The Hall–Kier alpha value is -2.08.